The van der Waals surface area contributed by atoms with Crippen LogP contribution in [0.25, 0.3) is 17.0 Å². The lowest BCUT2D eigenvalue weighted by molar-refractivity contribution is -0.198. The number of amides is 1. The molecule has 1 aromatic heterocycles. The molecule has 2 atom stereocenters. The molecule has 0 bridgehead atoms. The molecular weight excluding hydrogens is 494 g/mol. The average molecular weight is 530 g/mol. The van der Waals surface area contributed by atoms with E-state index in [2.05, 4.69) is 52.5 Å². The number of nitrogens with zero attached hydrogens (tertiary/aromatic N) is 2. The Kier molecular flexibility index (Phi) is 7.25. The summed E-state index contributed by atoms with van der Waals surface area (Å²) >= 11 is 0. The summed E-state index contributed by atoms with van der Waals surface area (Å²) in [5, 5.41) is 1.27. The van der Waals surface area contributed by atoms with Gasteiger partial charge in [-0.05, 0) is 67.6 Å². The number of hydrogen-bond acceptors (Lipinski definition) is 6. The molecule has 0 aliphatic carbocycles. The zero-order chi connectivity index (χ0) is 26.8. The third-order valence-electron chi connectivity index (χ3n) is 7.96. The van der Waals surface area contributed by atoms with Crippen LogP contribution in [0, 0.1) is 0 Å². The van der Waals surface area contributed by atoms with Gasteiger partial charge in [0.2, 0.25) is 0 Å². The lowest BCUT2D eigenvalue weighted by atomic mass is 9.83. The molecule has 8 nitrogen and oxygen atoms in total. The Hall–Kier alpha value is -3.46. The molecule has 3 aliphatic heterocycles. The molecule has 1 N–H and O–H groups in total. The molecular formula is C31H35N3O5. The maximum Gasteiger partial charge on any atom is 0.267 e. The Bertz CT molecular complexity index is 1410. The van der Waals surface area contributed by atoms with E-state index in [1.807, 2.05) is 12.1 Å². The van der Waals surface area contributed by atoms with Crippen molar-refractivity contribution in [3.63, 3.8) is 0 Å². The van der Waals surface area contributed by atoms with Crippen molar-refractivity contribution in [3.05, 3.63) is 71.4 Å². The van der Waals surface area contributed by atoms with E-state index in [9.17, 15) is 9.59 Å². The van der Waals surface area contributed by atoms with E-state index in [-0.39, 0.29) is 11.7 Å². The first-order chi connectivity index (χ1) is 19.0. The minimum atomic E-state index is -0.511. The lowest BCUT2D eigenvalue weighted by Gasteiger charge is -2.45. The SMILES string of the molecule is Cn1cc(CN2CCCC3(CC(=O)c4cc(/C=C/C(=O)NOC5CCCCO5)ccc4O3)C2)c2ccccc21. The summed E-state index contributed by atoms with van der Waals surface area (Å²) in [6, 6.07) is 14.0. The van der Waals surface area contributed by atoms with Crippen LogP contribution in [-0.2, 0) is 28.0 Å². The largest absolute Gasteiger partial charge is 0.485 e. The molecule has 2 unspecified atom stereocenters. The van der Waals surface area contributed by atoms with Gasteiger partial charge in [0.1, 0.15) is 11.4 Å². The van der Waals surface area contributed by atoms with Gasteiger partial charge in [0, 0.05) is 56.3 Å². The molecule has 2 saturated heterocycles. The lowest BCUT2D eigenvalue weighted by Crippen LogP contribution is -2.54. The van der Waals surface area contributed by atoms with Gasteiger partial charge < -0.3 is 14.0 Å². The van der Waals surface area contributed by atoms with Crippen molar-refractivity contribution in [2.24, 2.45) is 7.05 Å². The molecule has 4 heterocycles. The molecule has 204 valence electrons. The Morgan fingerprint density at radius 3 is 2.97 bits per heavy atom. The fraction of sp³-hybridized carbons (Fsp3) is 0.419. The van der Waals surface area contributed by atoms with Gasteiger partial charge in [0.15, 0.2) is 12.1 Å². The molecule has 2 fully saturated rings. The van der Waals surface area contributed by atoms with Crippen molar-refractivity contribution in [1.82, 2.24) is 14.9 Å². The van der Waals surface area contributed by atoms with Crippen LogP contribution < -0.4 is 10.2 Å². The van der Waals surface area contributed by atoms with Gasteiger partial charge in [-0.1, -0.05) is 24.3 Å². The molecule has 0 saturated carbocycles. The number of aryl methyl sites for hydroxylation is 1. The fourth-order valence-electron chi connectivity index (χ4n) is 6.09. The molecule has 1 amide bonds. The zero-order valence-corrected chi connectivity index (χ0v) is 22.4. The monoisotopic (exact) mass is 529 g/mol. The first kappa shape index (κ1) is 25.8. The fourth-order valence-corrected chi connectivity index (χ4v) is 6.09. The van der Waals surface area contributed by atoms with E-state index in [1.165, 1.54) is 22.5 Å². The van der Waals surface area contributed by atoms with Crippen LogP contribution in [0.2, 0.25) is 0 Å². The van der Waals surface area contributed by atoms with Crippen LogP contribution >= 0.6 is 0 Å². The highest BCUT2D eigenvalue weighted by molar-refractivity contribution is 6.01. The minimum Gasteiger partial charge on any atom is -0.485 e. The molecule has 1 spiro atoms. The predicted octanol–water partition coefficient (Wildman–Crippen LogP) is 4.77. The Balaban J connectivity index is 1.11. The van der Waals surface area contributed by atoms with Gasteiger partial charge in [0.25, 0.3) is 5.91 Å². The second kappa shape index (κ2) is 11.0. The summed E-state index contributed by atoms with van der Waals surface area (Å²) < 4.78 is 14.2. The molecule has 8 heteroatoms. The summed E-state index contributed by atoms with van der Waals surface area (Å²) in [5.74, 6) is 0.329. The highest BCUT2D eigenvalue weighted by atomic mass is 16.8. The van der Waals surface area contributed by atoms with E-state index in [1.54, 1.807) is 12.1 Å². The third kappa shape index (κ3) is 5.64. The number of carbonyl (C=O) groups excluding carboxylic acids is 2. The van der Waals surface area contributed by atoms with Gasteiger partial charge in [0.05, 0.1) is 12.0 Å². The van der Waals surface area contributed by atoms with Gasteiger partial charge >= 0.3 is 0 Å². The average Bonchev–Trinajstić information content (AvgIpc) is 3.26. The number of benzene rings is 2. The number of aromatic nitrogens is 1. The number of hydrogen-bond donors (Lipinski definition) is 1. The molecule has 6 rings (SSSR count). The van der Waals surface area contributed by atoms with Crippen LogP contribution in [-0.4, -0.2) is 52.7 Å². The van der Waals surface area contributed by atoms with Crippen LogP contribution in [0.5, 0.6) is 5.75 Å². The van der Waals surface area contributed by atoms with Crippen LogP contribution in [0.4, 0.5) is 0 Å². The second-order valence-electron chi connectivity index (χ2n) is 11.0. The number of carbonyl (C=O) groups is 2. The number of rotatable bonds is 6. The molecule has 2 aromatic carbocycles. The van der Waals surface area contributed by atoms with Crippen molar-refractivity contribution in [2.75, 3.05) is 19.7 Å². The van der Waals surface area contributed by atoms with Crippen molar-refractivity contribution in [1.29, 1.82) is 0 Å². The summed E-state index contributed by atoms with van der Waals surface area (Å²) in [4.78, 5) is 33.2. The van der Waals surface area contributed by atoms with Crippen molar-refractivity contribution < 1.29 is 23.9 Å². The normalized spacial score (nSPS) is 23.7. The number of nitrogens with one attached hydrogen (secondary N) is 1. The Morgan fingerprint density at radius 2 is 2.10 bits per heavy atom. The van der Waals surface area contributed by atoms with Gasteiger partial charge in [-0.15, -0.1) is 0 Å². The van der Waals surface area contributed by atoms with Crippen LogP contribution in [0.1, 0.15) is 60.0 Å². The van der Waals surface area contributed by atoms with Crippen molar-refractivity contribution in [3.8, 4) is 5.75 Å². The summed E-state index contributed by atoms with van der Waals surface area (Å²) in [6.45, 7) is 3.17. The number of ether oxygens (including phenoxy) is 2. The number of para-hydroxylation sites is 1. The number of fused-ring (bicyclic) bond motifs is 2. The number of Topliss-reactive ketones (excluding diaryl/α,β-unsaturated/α-hetero) is 1. The maximum atomic E-state index is 13.3. The first-order valence-electron chi connectivity index (χ1n) is 13.8. The van der Waals surface area contributed by atoms with E-state index < -0.39 is 11.9 Å². The first-order valence-corrected chi connectivity index (χ1v) is 13.8. The summed E-state index contributed by atoms with van der Waals surface area (Å²) in [6.07, 6.45) is 9.87. The number of likely N-dealkylation sites (tertiary alicyclic amines) is 1. The smallest absolute Gasteiger partial charge is 0.267 e. The Labute approximate surface area is 228 Å². The van der Waals surface area contributed by atoms with Crippen LogP contribution in [0.15, 0.2) is 54.7 Å². The number of piperidine rings is 1. The number of ketones is 1. The summed E-state index contributed by atoms with van der Waals surface area (Å²) in [7, 11) is 2.08. The topological polar surface area (TPSA) is 82.0 Å². The molecule has 3 aromatic rings. The zero-order valence-electron chi connectivity index (χ0n) is 22.4. The van der Waals surface area contributed by atoms with Crippen molar-refractivity contribution in [2.45, 2.75) is 57.0 Å². The highest BCUT2D eigenvalue weighted by Gasteiger charge is 2.43. The van der Waals surface area contributed by atoms with E-state index in [0.717, 1.165) is 50.8 Å². The third-order valence-corrected chi connectivity index (χ3v) is 7.96. The minimum absolute atomic E-state index is 0.0840. The van der Waals surface area contributed by atoms with Gasteiger partial charge in [-0.25, -0.2) is 10.3 Å². The maximum absolute atomic E-state index is 13.3. The number of hydroxylamine groups is 1. The molecule has 3 aliphatic rings. The van der Waals surface area contributed by atoms with Crippen molar-refractivity contribution >= 4 is 28.7 Å². The highest BCUT2D eigenvalue weighted by Crippen LogP contribution is 2.39. The van der Waals surface area contributed by atoms with E-state index >= 15 is 0 Å². The van der Waals surface area contributed by atoms with Gasteiger partial charge in [-0.3, -0.25) is 14.5 Å². The van der Waals surface area contributed by atoms with E-state index in [4.69, 9.17) is 14.3 Å². The Morgan fingerprint density at radius 1 is 1.21 bits per heavy atom. The summed E-state index contributed by atoms with van der Waals surface area (Å²) in [5.41, 5.74) is 5.76. The van der Waals surface area contributed by atoms with Gasteiger partial charge in [-0.2, -0.15) is 0 Å². The quantitative estimate of drug-likeness (QED) is 0.366. The predicted molar refractivity (Wildman–Crippen MR) is 148 cm³/mol. The van der Waals surface area contributed by atoms with Crippen LogP contribution in [0.3, 0.4) is 0 Å². The second-order valence-corrected chi connectivity index (χ2v) is 11.0. The molecule has 0 radical (unpaired) electrons. The van der Waals surface area contributed by atoms with E-state index in [0.29, 0.717) is 30.9 Å². The standard InChI is InChI=1S/C31H35N3O5/c1-33-19-23(24-7-2-3-8-26(24)33)20-34-15-6-14-31(21-34)18-27(35)25-17-22(10-12-28(25)38-31)11-13-29(36)32-39-30-9-4-5-16-37-30/h2-3,7-8,10-13,17,19,30H,4-6,9,14-16,18,20-21H2,1H3,(H,32,36)/b13-11+. The molecule has 39 heavy (non-hydrogen) atoms.